The Morgan fingerprint density at radius 1 is 1.10 bits per heavy atom. The minimum atomic E-state index is -0.185. The first-order valence-corrected chi connectivity index (χ1v) is 9.60. The summed E-state index contributed by atoms with van der Waals surface area (Å²) in [5.74, 6) is 0.812. The highest BCUT2D eigenvalue weighted by atomic mass is 16.2. The van der Waals surface area contributed by atoms with Crippen molar-refractivity contribution in [1.29, 1.82) is 5.26 Å². The van der Waals surface area contributed by atoms with Crippen LogP contribution < -0.4 is 5.73 Å². The minimum absolute atomic E-state index is 0.185. The highest BCUT2D eigenvalue weighted by Crippen LogP contribution is 2.21. The molecular weight excluding hydrogens is 390 g/mol. The zero-order valence-electron chi connectivity index (χ0n) is 16.9. The maximum absolute atomic E-state index is 13.4. The van der Waals surface area contributed by atoms with Gasteiger partial charge >= 0.3 is 0 Å². The van der Waals surface area contributed by atoms with E-state index in [0.717, 1.165) is 16.5 Å². The van der Waals surface area contributed by atoms with Gasteiger partial charge in [0.2, 0.25) is 0 Å². The van der Waals surface area contributed by atoms with Crippen LogP contribution in [0.4, 0.5) is 5.82 Å². The highest BCUT2D eigenvalue weighted by Gasteiger charge is 2.19. The van der Waals surface area contributed by atoms with E-state index < -0.39 is 0 Å². The Morgan fingerprint density at radius 2 is 1.90 bits per heavy atom. The van der Waals surface area contributed by atoms with Crippen molar-refractivity contribution in [3.05, 3.63) is 89.3 Å². The molecule has 8 nitrogen and oxygen atoms in total. The second kappa shape index (κ2) is 8.55. The normalized spacial score (nSPS) is 10.6. The van der Waals surface area contributed by atoms with E-state index in [1.54, 1.807) is 47.6 Å². The Labute approximate surface area is 179 Å². The number of aromatic nitrogens is 4. The number of amides is 1. The maximum Gasteiger partial charge on any atom is 0.254 e. The van der Waals surface area contributed by atoms with Gasteiger partial charge in [0.05, 0.1) is 29.9 Å². The fraction of sp³-hybridized carbons (Fsp3) is 0.130. The van der Waals surface area contributed by atoms with E-state index in [-0.39, 0.29) is 19.0 Å². The van der Waals surface area contributed by atoms with Crippen molar-refractivity contribution in [3.63, 3.8) is 0 Å². The van der Waals surface area contributed by atoms with E-state index in [9.17, 15) is 4.79 Å². The summed E-state index contributed by atoms with van der Waals surface area (Å²) in [6.45, 7) is 2.35. The summed E-state index contributed by atoms with van der Waals surface area (Å²) in [6, 6.07) is 14.4. The third kappa shape index (κ3) is 4.46. The molecule has 0 spiro atoms. The largest absolute Gasteiger partial charge is 0.383 e. The summed E-state index contributed by atoms with van der Waals surface area (Å²) in [5, 5.41) is 9.82. The summed E-state index contributed by atoms with van der Waals surface area (Å²) < 4.78 is 0. The van der Waals surface area contributed by atoms with Crippen molar-refractivity contribution in [2.75, 3.05) is 5.73 Å². The van der Waals surface area contributed by atoms with Crippen molar-refractivity contribution in [2.24, 2.45) is 0 Å². The number of benzene rings is 1. The second-order valence-corrected chi connectivity index (χ2v) is 7.07. The molecule has 0 aliphatic heterocycles. The molecule has 0 aliphatic carbocycles. The molecule has 0 atom stereocenters. The first-order chi connectivity index (χ1) is 15.0. The number of fused-ring (bicyclic) bond motifs is 1. The maximum atomic E-state index is 13.4. The third-order valence-corrected chi connectivity index (χ3v) is 4.84. The Kier molecular flexibility index (Phi) is 5.49. The monoisotopic (exact) mass is 409 g/mol. The number of rotatable bonds is 5. The predicted octanol–water partition coefficient (Wildman–Crippen LogP) is 3.02. The standard InChI is InChI=1S/C23H19N7O/c1-15-9-18-10-17(4-6-20(18)29-22(15)25)23(31)30(14-21-26-7-2-8-27-21)13-19-5-3-16(11-24)12-28-19/h2-10,12H,13-14H2,1H3,(H2,25,29). The Balaban J connectivity index is 1.67. The molecule has 4 rings (SSSR count). The van der Waals surface area contributed by atoms with Gasteiger partial charge in [-0.3, -0.25) is 9.78 Å². The quantitative estimate of drug-likeness (QED) is 0.537. The highest BCUT2D eigenvalue weighted by molar-refractivity contribution is 5.98. The fourth-order valence-electron chi connectivity index (χ4n) is 3.17. The number of nitrogens with zero attached hydrogens (tertiary/aromatic N) is 6. The van der Waals surface area contributed by atoms with Gasteiger partial charge in [-0.1, -0.05) is 0 Å². The molecular formula is C23H19N7O. The Bertz CT molecular complexity index is 1280. The summed E-state index contributed by atoms with van der Waals surface area (Å²) in [5.41, 5.74) is 9.12. The summed E-state index contributed by atoms with van der Waals surface area (Å²) in [6.07, 6.45) is 4.77. The van der Waals surface area contributed by atoms with Crippen LogP contribution in [0.5, 0.6) is 0 Å². The lowest BCUT2D eigenvalue weighted by Crippen LogP contribution is -2.31. The molecule has 1 amide bonds. The zero-order valence-corrected chi connectivity index (χ0v) is 16.9. The van der Waals surface area contributed by atoms with Gasteiger partial charge in [-0.25, -0.2) is 15.0 Å². The first-order valence-electron chi connectivity index (χ1n) is 9.60. The van der Waals surface area contributed by atoms with Gasteiger partial charge in [-0.15, -0.1) is 0 Å². The second-order valence-electron chi connectivity index (χ2n) is 7.07. The van der Waals surface area contributed by atoms with E-state index in [1.807, 2.05) is 25.1 Å². The van der Waals surface area contributed by atoms with Crippen LogP contribution in [0.2, 0.25) is 0 Å². The molecule has 2 N–H and O–H groups in total. The van der Waals surface area contributed by atoms with Crippen LogP contribution in [0, 0.1) is 18.3 Å². The number of anilines is 1. The lowest BCUT2D eigenvalue weighted by Gasteiger charge is -2.22. The third-order valence-electron chi connectivity index (χ3n) is 4.84. The molecule has 152 valence electrons. The molecule has 0 radical (unpaired) electrons. The molecule has 0 unspecified atom stereocenters. The van der Waals surface area contributed by atoms with Crippen LogP contribution in [-0.4, -0.2) is 30.7 Å². The van der Waals surface area contributed by atoms with Crippen LogP contribution >= 0.6 is 0 Å². The molecule has 8 heteroatoms. The average molecular weight is 409 g/mol. The lowest BCUT2D eigenvalue weighted by molar-refractivity contribution is 0.0723. The number of hydrogen-bond donors (Lipinski definition) is 1. The summed E-state index contributed by atoms with van der Waals surface area (Å²) in [7, 11) is 0. The number of pyridine rings is 2. The SMILES string of the molecule is Cc1cc2cc(C(=O)N(Cc3ccc(C#N)cn3)Cc3ncccn3)ccc2nc1N. The van der Waals surface area contributed by atoms with E-state index in [1.165, 1.54) is 6.20 Å². The molecule has 1 aromatic carbocycles. The van der Waals surface area contributed by atoms with E-state index in [0.29, 0.717) is 28.5 Å². The molecule has 3 aromatic heterocycles. The first kappa shape index (κ1) is 19.9. The van der Waals surface area contributed by atoms with E-state index in [2.05, 4.69) is 19.9 Å². The topological polar surface area (TPSA) is 122 Å². The van der Waals surface area contributed by atoms with Gasteiger partial charge in [0.1, 0.15) is 17.7 Å². The molecule has 0 saturated heterocycles. The number of nitriles is 1. The lowest BCUT2D eigenvalue weighted by atomic mass is 10.1. The Hall–Kier alpha value is -4.38. The van der Waals surface area contributed by atoms with Gasteiger partial charge in [-0.2, -0.15) is 5.26 Å². The predicted molar refractivity (Wildman–Crippen MR) is 115 cm³/mol. The molecule has 31 heavy (non-hydrogen) atoms. The van der Waals surface area contributed by atoms with Gasteiger partial charge in [0.25, 0.3) is 5.91 Å². The molecule has 0 fully saturated rings. The number of nitrogens with two attached hydrogens (primary N) is 1. The van der Waals surface area contributed by atoms with E-state index in [4.69, 9.17) is 11.0 Å². The van der Waals surface area contributed by atoms with Crippen LogP contribution in [-0.2, 0) is 13.1 Å². The number of carbonyl (C=O) groups is 1. The van der Waals surface area contributed by atoms with Crippen molar-refractivity contribution in [1.82, 2.24) is 24.8 Å². The summed E-state index contributed by atoms with van der Waals surface area (Å²) in [4.78, 5) is 32.2. The Morgan fingerprint density at radius 3 is 2.61 bits per heavy atom. The number of nitrogen functional groups attached to an aromatic ring is 1. The van der Waals surface area contributed by atoms with Gasteiger partial charge in [-0.05, 0) is 55.0 Å². The fourth-order valence-corrected chi connectivity index (χ4v) is 3.17. The van der Waals surface area contributed by atoms with Crippen LogP contribution in [0.15, 0.2) is 61.1 Å². The molecule has 0 saturated carbocycles. The zero-order chi connectivity index (χ0) is 21.8. The van der Waals surface area contributed by atoms with Crippen molar-refractivity contribution < 1.29 is 4.79 Å². The van der Waals surface area contributed by atoms with Gasteiger partial charge in [0.15, 0.2) is 0 Å². The number of aryl methyl sites for hydroxylation is 1. The van der Waals surface area contributed by atoms with E-state index >= 15 is 0 Å². The average Bonchev–Trinajstić information content (AvgIpc) is 2.80. The van der Waals surface area contributed by atoms with Crippen molar-refractivity contribution in [3.8, 4) is 6.07 Å². The molecule has 0 aliphatic rings. The summed E-state index contributed by atoms with van der Waals surface area (Å²) >= 11 is 0. The van der Waals surface area contributed by atoms with Crippen molar-refractivity contribution >= 4 is 22.6 Å². The van der Waals surface area contributed by atoms with Crippen LogP contribution in [0.3, 0.4) is 0 Å². The van der Waals surface area contributed by atoms with Crippen molar-refractivity contribution in [2.45, 2.75) is 20.0 Å². The van der Waals surface area contributed by atoms with Crippen LogP contribution in [0.1, 0.15) is 33.0 Å². The number of carbonyl (C=O) groups excluding carboxylic acids is 1. The molecule has 0 bridgehead atoms. The van der Waals surface area contributed by atoms with Gasteiger partial charge in [0, 0.05) is 29.5 Å². The van der Waals surface area contributed by atoms with Gasteiger partial charge < -0.3 is 10.6 Å². The molecule has 4 aromatic rings. The smallest absolute Gasteiger partial charge is 0.254 e. The molecule has 3 heterocycles. The minimum Gasteiger partial charge on any atom is -0.383 e. The number of hydrogen-bond acceptors (Lipinski definition) is 7. The van der Waals surface area contributed by atoms with Crippen LogP contribution in [0.25, 0.3) is 10.9 Å².